The summed E-state index contributed by atoms with van der Waals surface area (Å²) < 4.78 is 6.32. The molecule has 2 N–H and O–H groups in total. The van der Waals surface area contributed by atoms with Crippen molar-refractivity contribution in [1.82, 2.24) is 9.97 Å². The van der Waals surface area contributed by atoms with Crippen LogP contribution in [0.1, 0.15) is 33.1 Å². The molecule has 2 heterocycles. The molecule has 1 aromatic rings. The average molecular weight is 343 g/mol. The van der Waals surface area contributed by atoms with Crippen LogP contribution in [0.2, 0.25) is 0 Å². The molecule has 1 atom stereocenters. The Morgan fingerprint density at radius 3 is 2.75 bits per heavy atom. The molecule has 1 unspecified atom stereocenters. The quantitative estimate of drug-likeness (QED) is 0.830. The molecule has 1 fully saturated rings. The van der Waals surface area contributed by atoms with Gasteiger partial charge in [-0.1, -0.05) is 6.92 Å². The van der Waals surface area contributed by atoms with E-state index in [4.69, 9.17) is 4.74 Å². The van der Waals surface area contributed by atoms with Crippen LogP contribution in [0.5, 0.6) is 0 Å². The van der Waals surface area contributed by atoms with E-state index in [1.54, 1.807) is 6.33 Å². The maximum Gasteiger partial charge on any atom is 0.146 e. The summed E-state index contributed by atoms with van der Waals surface area (Å²) in [7, 11) is 0. The van der Waals surface area contributed by atoms with E-state index in [9.17, 15) is 0 Å². The minimum Gasteiger partial charge on any atom is -0.381 e. The SMILES string of the molecule is CCCNc1ncnc(NC(C)C2CCOCC2)c1Br. The summed E-state index contributed by atoms with van der Waals surface area (Å²) in [5, 5.41) is 6.80. The van der Waals surface area contributed by atoms with Gasteiger partial charge in [0.15, 0.2) is 0 Å². The van der Waals surface area contributed by atoms with Crippen molar-refractivity contribution in [3.63, 3.8) is 0 Å². The highest BCUT2D eigenvalue weighted by atomic mass is 79.9. The fourth-order valence-corrected chi connectivity index (χ4v) is 2.85. The largest absolute Gasteiger partial charge is 0.381 e. The van der Waals surface area contributed by atoms with E-state index in [-0.39, 0.29) is 0 Å². The van der Waals surface area contributed by atoms with E-state index in [1.165, 1.54) is 0 Å². The van der Waals surface area contributed by atoms with Crippen molar-refractivity contribution >= 4 is 27.6 Å². The normalized spacial score (nSPS) is 17.8. The molecule has 1 aromatic heterocycles. The number of rotatable bonds is 6. The Hall–Kier alpha value is -0.880. The first-order chi connectivity index (χ1) is 9.72. The Morgan fingerprint density at radius 1 is 1.35 bits per heavy atom. The zero-order chi connectivity index (χ0) is 14.4. The van der Waals surface area contributed by atoms with Crippen molar-refractivity contribution in [2.45, 2.75) is 39.2 Å². The molecule has 0 spiro atoms. The monoisotopic (exact) mass is 342 g/mol. The number of ether oxygens (including phenoxy) is 1. The van der Waals surface area contributed by atoms with Crippen LogP contribution in [0.15, 0.2) is 10.8 Å². The van der Waals surface area contributed by atoms with Crippen LogP contribution in [-0.4, -0.2) is 35.8 Å². The van der Waals surface area contributed by atoms with Crippen LogP contribution in [0.3, 0.4) is 0 Å². The first kappa shape index (κ1) is 15.5. The molecule has 5 nitrogen and oxygen atoms in total. The molecule has 0 aromatic carbocycles. The van der Waals surface area contributed by atoms with Gasteiger partial charge in [0.2, 0.25) is 0 Å². The Balaban J connectivity index is 2.00. The smallest absolute Gasteiger partial charge is 0.146 e. The number of hydrogen-bond acceptors (Lipinski definition) is 5. The maximum absolute atomic E-state index is 5.41. The molecule has 6 heteroatoms. The number of nitrogens with one attached hydrogen (secondary N) is 2. The lowest BCUT2D eigenvalue weighted by Crippen LogP contribution is -2.31. The highest BCUT2D eigenvalue weighted by Crippen LogP contribution is 2.29. The molecule has 1 aliphatic rings. The van der Waals surface area contributed by atoms with E-state index in [0.717, 1.165) is 55.1 Å². The summed E-state index contributed by atoms with van der Waals surface area (Å²) in [6.45, 7) is 6.98. The maximum atomic E-state index is 5.41. The second kappa shape index (κ2) is 7.78. The third-order valence-electron chi connectivity index (χ3n) is 3.67. The summed E-state index contributed by atoms with van der Waals surface area (Å²) in [4.78, 5) is 8.61. The van der Waals surface area contributed by atoms with Crippen molar-refractivity contribution < 1.29 is 4.74 Å². The van der Waals surface area contributed by atoms with Gasteiger partial charge in [-0.15, -0.1) is 0 Å². The molecular weight excluding hydrogens is 320 g/mol. The number of hydrogen-bond donors (Lipinski definition) is 2. The third kappa shape index (κ3) is 4.06. The summed E-state index contributed by atoms with van der Waals surface area (Å²) in [6, 6.07) is 0.379. The lowest BCUT2D eigenvalue weighted by atomic mass is 9.93. The van der Waals surface area contributed by atoms with Gasteiger partial charge < -0.3 is 15.4 Å². The molecule has 1 saturated heterocycles. The van der Waals surface area contributed by atoms with Crippen LogP contribution in [0, 0.1) is 5.92 Å². The van der Waals surface area contributed by atoms with Gasteiger partial charge in [-0.3, -0.25) is 0 Å². The molecule has 0 bridgehead atoms. The molecule has 0 radical (unpaired) electrons. The van der Waals surface area contributed by atoms with Gasteiger partial charge in [0.25, 0.3) is 0 Å². The van der Waals surface area contributed by atoms with Gasteiger partial charge in [0.05, 0.1) is 0 Å². The van der Waals surface area contributed by atoms with Gasteiger partial charge in [-0.25, -0.2) is 9.97 Å². The number of halogens is 1. The molecule has 0 amide bonds. The molecule has 0 saturated carbocycles. The molecule has 2 rings (SSSR count). The predicted molar refractivity (Wildman–Crippen MR) is 85.1 cm³/mol. The van der Waals surface area contributed by atoms with Crippen LogP contribution in [0.4, 0.5) is 11.6 Å². The number of aromatic nitrogens is 2. The van der Waals surface area contributed by atoms with E-state index in [0.29, 0.717) is 12.0 Å². The van der Waals surface area contributed by atoms with Gasteiger partial charge in [-0.05, 0) is 48.0 Å². The second-order valence-corrected chi connectivity index (χ2v) is 5.99. The van der Waals surface area contributed by atoms with Crippen LogP contribution in [-0.2, 0) is 4.74 Å². The van der Waals surface area contributed by atoms with Crippen molar-refractivity contribution in [1.29, 1.82) is 0 Å². The molecule has 0 aliphatic carbocycles. The lowest BCUT2D eigenvalue weighted by Gasteiger charge is -2.29. The lowest BCUT2D eigenvalue weighted by molar-refractivity contribution is 0.0622. The molecule has 112 valence electrons. The third-order valence-corrected chi connectivity index (χ3v) is 4.42. The van der Waals surface area contributed by atoms with Gasteiger partial charge >= 0.3 is 0 Å². The Bertz CT molecular complexity index is 424. The molecular formula is C14H23BrN4O. The summed E-state index contributed by atoms with van der Waals surface area (Å²) in [6.07, 6.45) is 4.88. The Labute approximate surface area is 129 Å². The summed E-state index contributed by atoms with van der Waals surface area (Å²) in [5.74, 6) is 2.35. The number of nitrogens with zero attached hydrogens (tertiary/aromatic N) is 2. The highest BCUT2D eigenvalue weighted by Gasteiger charge is 2.21. The van der Waals surface area contributed by atoms with E-state index in [1.807, 2.05) is 0 Å². The van der Waals surface area contributed by atoms with Gasteiger partial charge in [0, 0.05) is 25.8 Å². The number of anilines is 2. The zero-order valence-corrected chi connectivity index (χ0v) is 13.7. The van der Waals surface area contributed by atoms with Gasteiger partial charge in [0.1, 0.15) is 22.4 Å². The topological polar surface area (TPSA) is 59.1 Å². The zero-order valence-electron chi connectivity index (χ0n) is 12.2. The van der Waals surface area contributed by atoms with Crippen LogP contribution in [0.25, 0.3) is 0 Å². The van der Waals surface area contributed by atoms with Crippen molar-refractivity contribution in [2.24, 2.45) is 5.92 Å². The summed E-state index contributed by atoms with van der Waals surface area (Å²) >= 11 is 3.59. The van der Waals surface area contributed by atoms with Crippen molar-refractivity contribution in [3.05, 3.63) is 10.8 Å². The van der Waals surface area contributed by atoms with E-state index < -0.39 is 0 Å². The van der Waals surface area contributed by atoms with E-state index in [2.05, 4.69) is 50.4 Å². The highest BCUT2D eigenvalue weighted by molar-refractivity contribution is 9.10. The first-order valence-corrected chi connectivity index (χ1v) is 8.10. The first-order valence-electron chi connectivity index (χ1n) is 7.31. The molecule has 1 aliphatic heterocycles. The van der Waals surface area contributed by atoms with Crippen molar-refractivity contribution in [2.75, 3.05) is 30.4 Å². The Kier molecular flexibility index (Phi) is 6.04. The average Bonchev–Trinajstić information content (AvgIpc) is 2.49. The van der Waals surface area contributed by atoms with Crippen LogP contribution >= 0.6 is 15.9 Å². The summed E-state index contributed by atoms with van der Waals surface area (Å²) in [5.41, 5.74) is 0. The van der Waals surface area contributed by atoms with Crippen molar-refractivity contribution in [3.8, 4) is 0 Å². The van der Waals surface area contributed by atoms with Crippen LogP contribution < -0.4 is 10.6 Å². The fourth-order valence-electron chi connectivity index (χ4n) is 2.39. The predicted octanol–water partition coefficient (Wildman–Crippen LogP) is 3.29. The van der Waals surface area contributed by atoms with Gasteiger partial charge in [-0.2, -0.15) is 0 Å². The van der Waals surface area contributed by atoms with E-state index >= 15 is 0 Å². The minimum atomic E-state index is 0.379. The standard InChI is InChI=1S/C14H23BrN4O/c1-3-6-16-13-12(15)14(18-9-17-13)19-10(2)11-4-7-20-8-5-11/h9-11H,3-8H2,1-2H3,(H2,16,17,18,19). The second-order valence-electron chi connectivity index (χ2n) is 5.19. The molecule has 20 heavy (non-hydrogen) atoms. The Morgan fingerprint density at radius 2 is 2.05 bits per heavy atom. The fraction of sp³-hybridized carbons (Fsp3) is 0.714. The minimum absolute atomic E-state index is 0.379.